The second kappa shape index (κ2) is 11.3. The molecule has 2 N–H and O–H groups in total. The Balaban J connectivity index is 4.73. The molecule has 0 radical (unpaired) electrons. The molecule has 0 aliphatic heterocycles. The zero-order valence-corrected chi connectivity index (χ0v) is 17.3. The number of carbonyl (C=O) groups excluding carboxylic acids is 3. The van der Waals surface area contributed by atoms with Crippen LogP contribution in [0.3, 0.4) is 0 Å². The largest absolute Gasteiger partial charge is 0.356 e. The predicted octanol–water partition coefficient (Wildman–Crippen LogP) is 3.18. The molecule has 25 heavy (non-hydrogen) atoms. The summed E-state index contributed by atoms with van der Waals surface area (Å²) in [4.78, 5) is 37.1. The Morgan fingerprint density at radius 3 is 1.76 bits per heavy atom. The number of nitrogens with one attached hydrogen (secondary N) is 2. The molecule has 0 saturated heterocycles. The number of ketones is 1. The third-order valence-electron chi connectivity index (χ3n) is 4.22. The summed E-state index contributed by atoms with van der Waals surface area (Å²) in [5, 5.41) is 5.75. The Morgan fingerprint density at radius 1 is 0.760 bits per heavy atom. The fourth-order valence-electron chi connectivity index (χ4n) is 2.73. The minimum absolute atomic E-state index is 0.00590. The normalized spacial score (nSPS) is 15.2. The number of amides is 2. The summed E-state index contributed by atoms with van der Waals surface area (Å²) in [7, 11) is 0. The van der Waals surface area contributed by atoms with Gasteiger partial charge in [-0.1, -0.05) is 55.4 Å². The van der Waals surface area contributed by atoms with Crippen molar-refractivity contribution in [2.24, 2.45) is 29.6 Å². The van der Waals surface area contributed by atoms with E-state index in [0.717, 1.165) is 6.42 Å². The molecular weight excluding hydrogens is 316 g/mol. The van der Waals surface area contributed by atoms with E-state index in [1.807, 2.05) is 34.6 Å². The molecular formula is C20H38N2O3. The van der Waals surface area contributed by atoms with Gasteiger partial charge in [0.25, 0.3) is 0 Å². The molecule has 0 rings (SSSR count). The summed E-state index contributed by atoms with van der Waals surface area (Å²) >= 11 is 0. The average Bonchev–Trinajstić information content (AvgIpc) is 2.48. The Labute approximate surface area is 153 Å². The zero-order valence-electron chi connectivity index (χ0n) is 17.3. The molecule has 146 valence electrons. The lowest BCUT2D eigenvalue weighted by atomic mass is 9.91. The van der Waals surface area contributed by atoms with Gasteiger partial charge in [0.2, 0.25) is 11.8 Å². The van der Waals surface area contributed by atoms with E-state index in [1.54, 1.807) is 6.92 Å². The molecule has 0 aromatic rings. The van der Waals surface area contributed by atoms with E-state index in [-0.39, 0.29) is 35.9 Å². The summed E-state index contributed by atoms with van der Waals surface area (Å²) in [6.45, 7) is 16.3. The van der Waals surface area contributed by atoms with Crippen molar-refractivity contribution in [1.29, 1.82) is 0 Å². The van der Waals surface area contributed by atoms with Gasteiger partial charge in [-0.15, -0.1) is 0 Å². The van der Waals surface area contributed by atoms with Crippen LogP contribution in [0.25, 0.3) is 0 Å². The minimum Gasteiger partial charge on any atom is -0.356 e. The van der Waals surface area contributed by atoms with Gasteiger partial charge < -0.3 is 10.6 Å². The van der Waals surface area contributed by atoms with Gasteiger partial charge in [-0.05, 0) is 24.2 Å². The number of rotatable bonds is 11. The maximum Gasteiger partial charge on any atom is 0.223 e. The van der Waals surface area contributed by atoms with Crippen LogP contribution >= 0.6 is 0 Å². The fourth-order valence-corrected chi connectivity index (χ4v) is 2.73. The fraction of sp³-hybridized carbons (Fsp3) is 0.850. The highest BCUT2D eigenvalue weighted by Gasteiger charge is 2.28. The Morgan fingerprint density at radius 2 is 1.32 bits per heavy atom. The van der Waals surface area contributed by atoms with Crippen LogP contribution in [-0.2, 0) is 14.4 Å². The van der Waals surface area contributed by atoms with Crippen molar-refractivity contribution >= 4 is 17.6 Å². The molecule has 5 nitrogen and oxygen atoms in total. The molecule has 0 aliphatic rings. The van der Waals surface area contributed by atoms with Crippen LogP contribution in [0.15, 0.2) is 0 Å². The van der Waals surface area contributed by atoms with E-state index in [1.165, 1.54) is 0 Å². The number of hydrogen-bond acceptors (Lipinski definition) is 3. The first-order valence-corrected chi connectivity index (χ1v) is 9.56. The van der Waals surface area contributed by atoms with Crippen molar-refractivity contribution < 1.29 is 14.4 Å². The second-order valence-corrected chi connectivity index (χ2v) is 8.47. The molecule has 5 heteroatoms. The third kappa shape index (κ3) is 9.61. The van der Waals surface area contributed by atoms with Crippen molar-refractivity contribution in [3.63, 3.8) is 0 Å². The summed E-state index contributed by atoms with van der Waals surface area (Å²) in [6.07, 6.45) is 0.935. The third-order valence-corrected chi connectivity index (χ3v) is 4.22. The van der Waals surface area contributed by atoms with Crippen molar-refractivity contribution in [1.82, 2.24) is 10.6 Å². The van der Waals surface area contributed by atoms with Crippen LogP contribution in [0.1, 0.15) is 68.2 Å². The van der Waals surface area contributed by atoms with Crippen LogP contribution in [-0.4, -0.2) is 30.2 Å². The molecule has 0 aromatic carbocycles. The topological polar surface area (TPSA) is 75.3 Å². The molecule has 0 aliphatic carbocycles. The van der Waals surface area contributed by atoms with Gasteiger partial charge in [-0.3, -0.25) is 14.4 Å². The molecule has 3 atom stereocenters. The van der Waals surface area contributed by atoms with Gasteiger partial charge in [0.05, 0.1) is 6.04 Å². The van der Waals surface area contributed by atoms with E-state index < -0.39 is 12.0 Å². The lowest BCUT2D eigenvalue weighted by Crippen LogP contribution is -2.47. The van der Waals surface area contributed by atoms with Crippen molar-refractivity contribution in [3.8, 4) is 0 Å². The van der Waals surface area contributed by atoms with E-state index >= 15 is 0 Å². The highest BCUT2D eigenvalue weighted by molar-refractivity contribution is 5.92. The molecule has 0 heterocycles. The van der Waals surface area contributed by atoms with E-state index in [2.05, 4.69) is 24.5 Å². The molecule has 0 bridgehead atoms. The van der Waals surface area contributed by atoms with Gasteiger partial charge in [-0.2, -0.15) is 0 Å². The van der Waals surface area contributed by atoms with Crippen molar-refractivity contribution in [2.45, 2.75) is 74.3 Å². The van der Waals surface area contributed by atoms with Crippen LogP contribution in [0.5, 0.6) is 0 Å². The quantitative estimate of drug-likeness (QED) is 0.598. The monoisotopic (exact) mass is 354 g/mol. The number of Topliss-reactive ketones (excluding diaryl/α,β-unsaturated/α-hetero) is 1. The zero-order chi connectivity index (χ0) is 19.7. The standard InChI is InChI=1S/C20H38N2O3/c1-12(2)9-15(7)20(25)22-18(14(5)6)17(23)10-16(8)19(24)21-11-13(3)4/h12-16,18H,9-11H2,1-8H3,(H,21,24)(H,22,25)/t15-,16-,18+/m1/s1. The van der Waals surface area contributed by atoms with Crippen molar-refractivity contribution in [3.05, 3.63) is 0 Å². The van der Waals surface area contributed by atoms with Gasteiger partial charge in [0.1, 0.15) is 0 Å². The minimum atomic E-state index is -0.539. The van der Waals surface area contributed by atoms with Crippen LogP contribution in [0.4, 0.5) is 0 Å². The molecule has 0 spiro atoms. The second-order valence-electron chi connectivity index (χ2n) is 8.47. The maximum absolute atomic E-state index is 12.6. The number of hydrogen-bond donors (Lipinski definition) is 2. The smallest absolute Gasteiger partial charge is 0.223 e. The Hall–Kier alpha value is -1.39. The first-order valence-electron chi connectivity index (χ1n) is 9.56. The summed E-state index contributed by atoms with van der Waals surface area (Å²) in [5.41, 5.74) is 0. The van der Waals surface area contributed by atoms with Crippen molar-refractivity contribution in [2.75, 3.05) is 6.54 Å². The van der Waals surface area contributed by atoms with Crippen LogP contribution in [0, 0.1) is 29.6 Å². The molecule has 0 saturated carbocycles. The average molecular weight is 355 g/mol. The van der Waals surface area contributed by atoms with E-state index in [0.29, 0.717) is 18.4 Å². The van der Waals surface area contributed by atoms with Crippen LogP contribution < -0.4 is 10.6 Å². The Kier molecular flexibility index (Phi) is 10.6. The van der Waals surface area contributed by atoms with Crippen LogP contribution in [0.2, 0.25) is 0 Å². The van der Waals surface area contributed by atoms with Gasteiger partial charge in [-0.25, -0.2) is 0 Å². The maximum atomic E-state index is 12.6. The van der Waals surface area contributed by atoms with Gasteiger partial charge >= 0.3 is 0 Å². The first-order chi connectivity index (χ1) is 11.5. The Bertz CT molecular complexity index is 444. The van der Waals surface area contributed by atoms with Gasteiger partial charge in [0, 0.05) is 24.8 Å². The summed E-state index contributed by atoms with van der Waals surface area (Å²) in [6, 6.07) is -0.539. The van der Waals surface area contributed by atoms with Gasteiger partial charge in [0.15, 0.2) is 5.78 Å². The highest BCUT2D eigenvalue weighted by atomic mass is 16.2. The summed E-state index contributed by atoms with van der Waals surface area (Å²) < 4.78 is 0. The SMILES string of the molecule is CC(C)CNC(=O)[C@H](C)CC(=O)[C@@H](NC(=O)[C@H](C)CC(C)C)C(C)C. The lowest BCUT2D eigenvalue weighted by Gasteiger charge is -2.25. The highest BCUT2D eigenvalue weighted by Crippen LogP contribution is 2.15. The lowest BCUT2D eigenvalue weighted by molar-refractivity contribution is -0.133. The molecule has 0 aromatic heterocycles. The predicted molar refractivity (Wildman–Crippen MR) is 102 cm³/mol. The van der Waals surface area contributed by atoms with E-state index in [4.69, 9.17) is 0 Å². The first kappa shape index (κ1) is 23.6. The molecule has 2 amide bonds. The number of carbonyl (C=O) groups is 3. The van der Waals surface area contributed by atoms with E-state index in [9.17, 15) is 14.4 Å². The molecule has 0 fully saturated rings. The summed E-state index contributed by atoms with van der Waals surface area (Å²) in [5.74, 6) is 0.0107. The molecule has 0 unspecified atom stereocenters.